The summed E-state index contributed by atoms with van der Waals surface area (Å²) in [6.45, 7) is 9.12. The van der Waals surface area contributed by atoms with E-state index in [4.69, 9.17) is 5.11 Å². The maximum absolute atomic E-state index is 12.0. The van der Waals surface area contributed by atoms with Gasteiger partial charge in [0.05, 0.1) is 5.92 Å². The molecule has 0 aromatic heterocycles. The van der Waals surface area contributed by atoms with Gasteiger partial charge in [-0.1, -0.05) is 20.8 Å². The maximum atomic E-state index is 12.0. The topological polar surface area (TPSA) is 69.6 Å². The summed E-state index contributed by atoms with van der Waals surface area (Å²) >= 11 is 0. The van der Waals surface area contributed by atoms with E-state index < -0.39 is 11.9 Å². The number of piperidine rings is 1. The van der Waals surface area contributed by atoms with Gasteiger partial charge in [0.15, 0.2) is 0 Å². The average molecular weight is 256 g/mol. The van der Waals surface area contributed by atoms with E-state index in [1.807, 2.05) is 6.92 Å². The first-order valence-corrected chi connectivity index (χ1v) is 6.50. The zero-order valence-electron chi connectivity index (χ0n) is 11.7. The summed E-state index contributed by atoms with van der Waals surface area (Å²) < 4.78 is 0. The molecule has 2 atom stereocenters. The molecule has 5 heteroatoms. The van der Waals surface area contributed by atoms with E-state index in [9.17, 15) is 9.59 Å². The fourth-order valence-corrected chi connectivity index (χ4v) is 1.86. The molecular formula is C13H24N2O3. The summed E-state index contributed by atoms with van der Waals surface area (Å²) in [5, 5.41) is 11.9. The van der Waals surface area contributed by atoms with Crippen molar-refractivity contribution in [3.8, 4) is 0 Å². The largest absolute Gasteiger partial charge is 0.481 e. The van der Waals surface area contributed by atoms with Crippen molar-refractivity contribution in [2.45, 2.75) is 46.6 Å². The standard InChI is InChI=1S/C13H24N2O3/c1-9(13(2,3)4)14-12(18)15-7-5-6-10(8-15)11(16)17/h9-10H,5-8H2,1-4H3,(H,14,18)(H,16,17)/t9?,10-/m0/s1. The Morgan fingerprint density at radius 2 is 2.00 bits per heavy atom. The Morgan fingerprint density at radius 1 is 1.39 bits per heavy atom. The smallest absolute Gasteiger partial charge is 0.317 e. The number of hydrogen-bond acceptors (Lipinski definition) is 2. The second-order valence-electron chi connectivity index (χ2n) is 6.16. The lowest BCUT2D eigenvalue weighted by Crippen LogP contribution is -2.51. The number of nitrogens with one attached hydrogen (secondary N) is 1. The molecule has 5 nitrogen and oxygen atoms in total. The highest BCUT2D eigenvalue weighted by molar-refractivity contribution is 5.76. The van der Waals surface area contributed by atoms with Gasteiger partial charge in [0, 0.05) is 19.1 Å². The van der Waals surface area contributed by atoms with E-state index in [0.717, 1.165) is 6.42 Å². The van der Waals surface area contributed by atoms with Crippen molar-refractivity contribution in [1.29, 1.82) is 0 Å². The predicted molar refractivity (Wildman–Crippen MR) is 69.4 cm³/mol. The Kier molecular flexibility index (Phi) is 4.59. The number of rotatable bonds is 2. The number of likely N-dealkylation sites (tertiary alicyclic amines) is 1. The lowest BCUT2D eigenvalue weighted by Gasteiger charge is -2.34. The zero-order valence-corrected chi connectivity index (χ0v) is 11.7. The van der Waals surface area contributed by atoms with Gasteiger partial charge in [-0.05, 0) is 25.2 Å². The predicted octanol–water partition coefficient (Wildman–Crippen LogP) is 1.93. The lowest BCUT2D eigenvalue weighted by atomic mass is 9.88. The maximum Gasteiger partial charge on any atom is 0.317 e. The van der Waals surface area contributed by atoms with E-state index in [0.29, 0.717) is 19.5 Å². The first-order valence-electron chi connectivity index (χ1n) is 6.50. The number of urea groups is 1. The van der Waals surface area contributed by atoms with Gasteiger partial charge in [-0.15, -0.1) is 0 Å². The molecule has 1 heterocycles. The van der Waals surface area contributed by atoms with Gasteiger partial charge < -0.3 is 15.3 Å². The van der Waals surface area contributed by atoms with Crippen molar-refractivity contribution in [2.75, 3.05) is 13.1 Å². The van der Waals surface area contributed by atoms with Crippen molar-refractivity contribution in [3.63, 3.8) is 0 Å². The molecule has 104 valence electrons. The Bertz CT molecular complexity index is 323. The molecule has 1 saturated heterocycles. The molecule has 0 bridgehead atoms. The molecule has 0 radical (unpaired) electrons. The van der Waals surface area contributed by atoms with Crippen molar-refractivity contribution in [2.24, 2.45) is 11.3 Å². The highest BCUT2D eigenvalue weighted by Crippen LogP contribution is 2.20. The molecule has 0 aromatic rings. The average Bonchev–Trinajstić information content (AvgIpc) is 2.27. The fourth-order valence-electron chi connectivity index (χ4n) is 1.86. The second-order valence-corrected chi connectivity index (χ2v) is 6.16. The number of nitrogens with zero attached hydrogens (tertiary/aromatic N) is 1. The van der Waals surface area contributed by atoms with Crippen LogP contribution in [0.2, 0.25) is 0 Å². The van der Waals surface area contributed by atoms with Crippen LogP contribution in [0.4, 0.5) is 4.79 Å². The molecule has 1 rings (SSSR count). The van der Waals surface area contributed by atoms with Crippen molar-refractivity contribution in [3.05, 3.63) is 0 Å². The number of carbonyl (C=O) groups excluding carboxylic acids is 1. The molecule has 18 heavy (non-hydrogen) atoms. The quantitative estimate of drug-likeness (QED) is 0.793. The number of hydrogen-bond donors (Lipinski definition) is 2. The number of carbonyl (C=O) groups is 2. The normalized spacial score (nSPS) is 22.4. The van der Waals surface area contributed by atoms with Crippen molar-refractivity contribution >= 4 is 12.0 Å². The lowest BCUT2D eigenvalue weighted by molar-refractivity contribution is -0.143. The molecule has 2 amide bonds. The van der Waals surface area contributed by atoms with Gasteiger partial charge >= 0.3 is 12.0 Å². The van der Waals surface area contributed by atoms with Gasteiger partial charge in [-0.3, -0.25) is 4.79 Å². The van der Waals surface area contributed by atoms with Crippen LogP contribution >= 0.6 is 0 Å². The minimum Gasteiger partial charge on any atom is -0.481 e. The Labute approximate surface area is 109 Å². The second kappa shape index (κ2) is 5.59. The van der Waals surface area contributed by atoms with Crippen LogP contribution < -0.4 is 5.32 Å². The SMILES string of the molecule is CC(NC(=O)N1CCC[C@H](C(=O)O)C1)C(C)(C)C. The highest BCUT2D eigenvalue weighted by Gasteiger charge is 2.30. The third kappa shape index (κ3) is 3.89. The van der Waals surface area contributed by atoms with Gasteiger partial charge in [-0.2, -0.15) is 0 Å². The summed E-state index contributed by atoms with van der Waals surface area (Å²) in [7, 11) is 0. The third-order valence-corrected chi connectivity index (χ3v) is 3.70. The van der Waals surface area contributed by atoms with E-state index in [1.165, 1.54) is 0 Å². The Hall–Kier alpha value is -1.26. The summed E-state index contributed by atoms with van der Waals surface area (Å²) in [5.41, 5.74) is -0.00234. The number of carboxylic acid groups (broad SMARTS) is 1. The molecule has 0 aliphatic carbocycles. The van der Waals surface area contributed by atoms with E-state index >= 15 is 0 Å². The van der Waals surface area contributed by atoms with Gasteiger partial charge in [-0.25, -0.2) is 4.79 Å². The van der Waals surface area contributed by atoms with E-state index in [-0.39, 0.29) is 17.5 Å². The Balaban J connectivity index is 2.54. The van der Waals surface area contributed by atoms with Crippen LogP contribution in [0.15, 0.2) is 0 Å². The van der Waals surface area contributed by atoms with Crippen LogP contribution in [0.1, 0.15) is 40.5 Å². The van der Waals surface area contributed by atoms with Crippen molar-refractivity contribution in [1.82, 2.24) is 10.2 Å². The summed E-state index contributed by atoms with van der Waals surface area (Å²) in [5.74, 6) is -1.23. The molecular weight excluding hydrogens is 232 g/mol. The summed E-state index contributed by atoms with van der Waals surface area (Å²) in [6, 6.07) is -0.0985. The molecule has 1 aliphatic rings. The van der Waals surface area contributed by atoms with Crippen molar-refractivity contribution < 1.29 is 14.7 Å². The van der Waals surface area contributed by atoms with Gasteiger partial charge in [0.1, 0.15) is 0 Å². The summed E-state index contributed by atoms with van der Waals surface area (Å²) in [6.07, 6.45) is 1.42. The zero-order chi connectivity index (χ0) is 13.9. The van der Waals surface area contributed by atoms with Crippen LogP contribution in [-0.4, -0.2) is 41.1 Å². The molecule has 1 fully saturated rings. The molecule has 1 aliphatic heterocycles. The highest BCUT2D eigenvalue weighted by atomic mass is 16.4. The van der Waals surface area contributed by atoms with Gasteiger partial charge in [0.25, 0.3) is 0 Å². The monoisotopic (exact) mass is 256 g/mol. The van der Waals surface area contributed by atoms with E-state index in [2.05, 4.69) is 26.1 Å². The molecule has 0 aromatic carbocycles. The number of aliphatic carboxylic acids is 1. The molecule has 2 N–H and O–H groups in total. The first-order chi connectivity index (χ1) is 8.21. The minimum atomic E-state index is -0.809. The minimum absolute atomic E-state index is 0.00234. The first kappa shape index (κ1) is 14.8. The molecule has 0 saturated carbocycles. The fraction of sp³-hybridized carbons (Fsp3) is 0.846. The van der Waals surface area contributed by atoms with Crippen LogP contribution in [0.5, 0.6) is 0 Å². The van der Waals surface area contributed by atoms with Crippen LogP contribution in [0.3, 0.4) is 0 Å². The van der Waals surface area contributed by atoms with E-state index in [1.54, 1.807) is 4.90 Å². The third-order valence-electron chi connectivity index (χ3n) is 3.70. The van der Waals surface area contributed by atoms with Crippen LogP contribution in [0.25, 0.3) is 0 Å². The molecule has 0 spiro atoms. The van der Waals surface area contributed by atoms with Gasteiger partial charge in [0.2, 0.25) is 0 Å². The Morgan fingerprint density at radius 3 is 2.50 bits per heavy atom. The summed E-state index contributed by atoms with van der Waals surface area (Å²) in [4.78, 5) is 24.6. The number of amides is 2. The molecule has 1 unspecified atom stereocenters. The van der Waals surface area contributed by atoms with Crippen LogP contribution in [0, 0.1) is 11.3 Å². The number of carboxylic acids is 1. The van der Waals surface area contributed by atoms with Crippen LogP contribution in [-0.2, 0) is 4.79 Å².